The van der Waals surface area contributed by atoms with Crippen LogP contribution in [0.3, 0.4) is 0 Å². The van der Waals surface area contributed by atoms with Gasteiger partial charge in [0.2, 0.25) is 11.5 Å². The lowest BCUT2D eigenvalue weighted by Gasteiger charge is -2.18. The minimum absolute atomic E-state index is 0.0996. The molecule has 4 aromatic rings. The summed E-state index contributed by atoms with van der Waals surface area (Å²) in [6, 6.07) is 12.5. The fraction of sp³-hybridized carbons (Fsp3) is 0.240. The number of nitrogens with zero attached hydrogens (tertiary/aromatic N) is 4. The number of benzene rings is 1. The van der Waals surface area contributed by atoms with Crippen molar-refractivity contribution in [3.05, 3.63) is 77.8 Å². The van der Waals surface area contributed by atoms with Gasteiger partial charge in [0.05, 0.1) is 35.3 Å². The summed E-state index contributed by atoms with van der Waals surface area (Å²) >= 11 is 0. The molecule has 0 radical (unpaired) electrons. The third-order valence-corrected chi connectivity index (χ3v) is 5.21. The summed E-state index contributed by atoms with van der Waals surface area (Å²) in [5.41, 5.74) is 3.34. The largest absolute Gasteiger partial charge is 0.389 e. The van der Waals surface area contributed by atoms with E-state index in [0.29, 0.717) is 22.4 Å². The molecule has 3 aromatic heterocycles. The van der Waals surface area contributed by atoms with Crippen molar-refractivity contribution in [1.29, 1.82) is 0 Å². The summed E-state index contributed by atoms with van der Waals surface area (Å²) in [6.45, 7) is 3.59. The number of likely N-dealkylation sites (N-methyl/N-ethyl adjacent to an activating group) is 1. The molecule has 0 bridgehead atoms. The molecule has 9 nitrogen and oxygen atoms in total. The molecular weight excluding hydrogens is 432 g/mol. The van der Waals surface area contributed by atoms with E-state index < -0.39 is 11.5 Å². The van der Waals surface area contributed by atoms with Crippen molar-refractivity contribution >= 4 is 22.8 Å². The number of rotatable bonds is 6. The van der Waals surface area contributed by atoms with Gasteiger partial charge in [0.25, 0.3) is 5.91 Å². The molecule has 34 heavy (non-hydrogen) atoms. The first-order valence-electron chi connectivity index (χ1n) is 10.8. The Labute approximate surface area is 196 Å². The molecule has 0 aliphatic carbocycles. The van der Waals surface area contributed by atoms with Gasteiger partial charge in [-0.3, -0.25) is 19.6 Å². The quantitative estimate of drug-likeness (QED) is 0.409. The Balaban J connectivity index is 1.77. The first kappa shape index (κ1) is 23.1. The molecule has 9 heteroatoms. The summed E-state index contributed by atoms with van der Waals surface area (Å²) in [7, 11) is 1.59. The van der Waals surface area contributed by atoms with Crippen molar-refractivity contribution in [3.8, 4) is 11.3 Å². The number of aromatic amines is 1. The highest BCUT2D eigenvalue weighted by Gasteiger charge is 2.18. The van der Waals surface area contributed by atoms with E-state index in [2.05, 4.69) is 25.3 Å². The van der Waals surface area contributed by atoms with Gasteiger partial charge in [0.15, 0.2) is 0 Å². The highest BCUT2D eigenvalue weighted by atomic mass is 16.3. The number of nitrogens with one attached hydrogen (secondary N) is 2. The van der Waals surface area contributed by atoms with Crippen LogP contribution < -0.4 is 10.9 Å². The Morgan fingerprint density at radius 2 is 2.00 bits per heavy atom. The van der Waals surface area contributed by atoms with Crippen molar-refractivity contribution in [3.63, 3.8) is 0 Å². The average molecular weight is 459 g/mol. The number of amides is 2. The van der Waals surface area contributed by atoms with Gasteiger partial charge in [-0.1, -0.05) is 6.07 Å². The minimum atomic E-state index is -1.04. The Morgan fingerprint density at radius 3 is 2.71 bits per heavy atom. The molecule has 0 fully saturated rings. The summed E-state index contributed by atoms with van der Waals surface area (Å²) in [4.78, 5) is 40.8. The lowest BCUT2D eigenvalue weighted by Crippen LogP contribution is -2.32. The lowest BCUT2D eigenvalue weighted by molar-refractivity contribution is -0.119. The second kappa shape index (κ2) is 9.40. The van der Waals surface area contributed by atoms with Gasteiger partial charge >= 0.3 is 0 Å². The van der Waals surface area contributed by atoms with Gasteiger partial charge in [0, 0.05) is 36.8 Å². The molecule has 174 valence electrons. The third kappa shape index (κ3) is 5.26. The predicted molar refractivity (Wildman–Crippen MR) is 128 cm³/mol. The van der Waals surface area contributed by atoms with Crippen LogP contribution in [0, 0.1) is 0 Å². The van der Waals surface area contributed by atoms with E-state index in [1.54, 1.807) is 62.3 Å². The molecule has 0 atom stereocenters. The van der Waals surface area contributed by atoms with Crippen molar-refractivity contribution in [2.75, 3.05) is 7.05 Å². The topological polar surface area (TPSA) is 125 Å². The molecule has 0 spiro atoms. The highest BCUT2D eigenvalue weighted by Crippen LogP contribution is 2.18. The predicted octanol–water partition coefficient (Wildman–Crippen LogP) is 2.23. The maximum Gasteiger partial charge on any atom is 0.280 e. The van der Waals surface area contributed by atoms with E-state index in [4.69, 9.17) is 0 Å². The third-order valence-electron chi connectivity index (χ3n) is 5.21. The van der Waals surface area contributed by atoms with Gasteiger partial charge in [-0.05, 0) is 55.8 Å². The number of hydrogen-bond donors (Lipinski definition) is 3. The Morgan fingerprint density at radius 1 is 1.18 bits per heavy atom. The van der Waals surface area contributed by atoms with Gasteiger partial charge in [0.1, 0.15) is 0 Å². The van der Waals surface area contributed by atoms with E-state index in [0.717, 1.165) is 16.6 Å². The van der Waals surface area contributed by atoms with E-state index in [1.807, 2.05) is 24.3 Å². The summed E-state index contributed by atoms with van der Waals surface area (Å²) in [5.74, 6) is -0.549. The molecule has 2 amide bonds. The van der Waals surface area contributed by atoms with Gasteiger partial charge in [-0.2, -0.15) is 4.99 Å². The molecule has 0 aliphatic rings. The number of H-pyrrole nitrogens is 1. The maximum atomic E-state index is 13.1. The second-order valence-electron chi connectivity index (χ2n) is 8.64. The van der Waals surface area contributed by atoms with Crippen LogP contribution >= 0.6 is 0 Å². The zero-order chi connectivity index (χ0) is 24.3. The zero-order valence-electron chi connectivity index (χ0n) is 19.2. The summed E-state index contributed by atoms with van der Waals surface area (Å²) in [5, 5.41) is 13.1. The number of hydrogen-bond acceptors (Lipinski definition) is 5. The maximum absolute atomic E-state index is 13.1. The van der Waals surface area contributed by atoms with E-state index in [1.165, 1.54) is 0 Å². The van der Waals surface area contributed by atoms with Gasteiger partial charge in [-0.25, -0.2) is 0 Å². The smallest absolute Gasteiger partial charge is 0.280 e. The molecule has 4 rings (SSSR count). The van der Waals surface area contributed by atoms with Crippen molar-refractivity contribution in [2.45, 2.75) is 32.4 Å². The van der Waals surface area contributed by atoms with E-state index in [-0.39, 0.29) is 18.9 Å². The van der Waals surface area contributed by atoms with Crippen LogP contribution in [-0.4, -0.2) is 49.1 Å². The molecule has 0 saturated heterocycles. The molecule has 3 N–H and O–H groups in total. The molecule has 0 aliphatic heterocycles. The monoisotopic (exact) mass is 458 g/mol. The van der Waals surface area contributed by atoms with Crippen molar-refractivity contribution < 1.29 is 14.7 Å². The minimum Gasteiger partial charge on any atom is -0.389 e. The Kier molecular flexibility index (Phi) is 6.38. The Bertz CT molecular complexity index is 1410. The summed E-state index contributed by atoms with van der Waals surface area (Å²) < 4.78 is 1.76. The number of imidazole rings is 1. The number of fused-ring (bicyclic) bond motifs is 1. The molecule has 3 heterocycles. The average Bonchev–Trinajstić information content (AvgIpc) is 3.14. The highest BCUT2D eigenvalue weighted by molar-refractivity contribution is 5.95. The SMILES string of the molecule is CNC(=O)Cc1ccc2c(c1)[nH]/c(=N\C(=O)c1ccnc(-c3cccnc3)c1)n2CC(C)(C)O. The van der Waals surface area contributed by atoms with Crippen LogP contribution in [0.1, 0.15) is 29.8 Å². The van der Waals surface area contributed by atoms with Crippen LogP contribution in [0.5, 0.6) is 0 Å². The normalized spacial score (nSPS) is 12.2. The number of aromatic nitrogens is 4. The van der Waals surface area contributed by atoms with Crippen LogP contribution in [0.15, 0.2) is 66.0 Å². The number of aliphatic hydroxyl groups is 1. The molecule has 1 aromatic carbocycles. The van der Waals surface area contributed by atoms with Crippen molar-refractivity contribution in [1.82, 2.24) is 24.8 Å². The molecular formula is C25H26N6O3. The van der Waals surface area contributed by atoms with Crippen molar-refractivity contribution in [2.24, 2.45) is 4.99 Å². The fourth-order valence-electron chi connectivity index (χ4n) is 3.64. The first-order valence-corrected chi connectivity index (χ1v) is 10.8. The first-order chi connectivity index (χ1) is 16.2. The van der Waals surface area contributed by atoms with Crippen LogP contribution in [0.4, 0.5) is 0 Å². The molecule has 0 saturated carbocycles. The van der Waals surface area contributed by atoms with E-state index in [9.17, 15) is 14.7 Å². The zero-order valence-corrected chi connectivity index (χ0v) is 19.2. The lowest BCUT2D eigenvalue weighted by atomic mass is 10.1. The van der Waals surface area contributed by atoms with Crippen LogP contribution in [-0.2, 0) is 17.8 Å². The number of pyridine rings is 2. The molecule has 0 unspecified atom stereocenters. The van der Waals surface area contributed by atoms with Crippen LogP contribution in [0.2, 0.25) is 0 Å². The number of carbonyl (C=O) groups is 2. The standard InChI is InChI=1S/C25H26N6O3/c1-25(2,34)15-31-21-7-6-16(12-22(32)26-3)11-20(21)29-24(31)30-23(33)17-8-10-28-19(13-17)18-5-4-9-27-14-18/h4-11,13-14,34H,12,15H2,1-3H3,(H,26,32)(H,29,30,33). The van der Waals surface area contributed by atoms with Gasteiger partial charge in [-0.15, -0.1) is 0 Å². The second-order valence-corrected chi connectivity index (χ2v) is 8.64. The van der Waals surface area contributed by atoms with Crippen LogP contribution in [0.25, 0.3) is 22.3 Å². The summed E-state index contributed by atoms with van der Waals surface area (Å²) in [6.07, 6.45) is 5.15. The Hall–Kier alpha value is -4.11. The van der Waals surface area contributed by atoms with E-state index >= 15 is 0 Å². The fourth-order valence-corrected chi connectivity index (χ4v) is 3.64. The van der Waals surface area contributed by atoms with Gasteiger partial charge < -0.3 is 20.0 Å². The number of carbonyl (C=O) groups excluding carboxylic acids is 2.